The monoisotopic (exact) mass is 412 g/mol. The molecule has 1 saturated carbocycles. The van der Waals surface area contributed by atoms with Crippen LogP contribution in [0.5, 0.6) is 0 Å². The van der Waals surface area contributed by atoms with Crippen LogP contribution >= 0.6 is 15.9 Å². The van der Waals surface area contributed by atoms with Gasteiger partial charge in [-0.25, -0.2) is 4.79 Å². The maximum absolute atomic E-state index is 12.2. The quantitative estimate of drug-likeness (QED) is 0.519. The minimum Gasteiger partial charge on any atom is -0.462 e. The lowest BCUT2D eigenvalue weighted by molar-refractivity contribution is -0.138. The number of esters is 1. The molecule has 0 radical (unpaired) electrons. The third-order valence-electron chi connectivity index (χ3n) is 4.77. The summed E-state index contributed by atoms with van der Waals surface area (Å²) in [4.78, 5) is 23.9. The number of rotatable bonds is 6. The van der Waals surface area contributed by atoms with E-state index in [0.717, 1.165) is 5.57 Å². The highest BCUT2D eigenvalue weighted by Crippen LogP contribution is 2.34. The molecule has 0 aromatic carbocycles. The van der Waals surface area contributed by atoms with Crippen LogP contribution in [0.4, 0.5) is 0 Å². The molecule has 1 amide bonds. The molecule has 0 saturated heterocycles. The lowest BCUT2D eigenvalue weighted by atomic mass is 9.85. The van der Waals surface area contributed by atoms with Gasteiger partial charge in [0.05, 0.1) is 22.5 Å². The van der Waals surface area contributed by atoms with Crippen LogP contribution in [0, 0.1) is 0 Å². The van der Waals surface area contributed by atoms with Gasteiger partial charge in [-0.3, -0.25) is 4.79 Å². The first-order chi connectivity index (χ1) is 11.8. The Balaban J connectivity index is 2.19. The fourth-order valence-electron chi connectivity index (χ4n) is 3.57. The number of nitrogens with one attached hydrogen (secondary N) is 2. The van der Waals surface area contributed by atoms with Gasteiger partial charge in [0.2, 0.25) is 5.91 Å². The van der Waals surface area contributed by atoms with Crippen molar-refractivity contribution in [2.45, 2.75) is 69.3 Å². The van der Waals surface area contributed by atoms with E-state index in [4.69, 9.17) is 4.74 Å². The van der Waals surface area contributed by atoms with Gasteiger partial charge < -0.3 is 15.4 Å². The van der Waals surface area contributed by atoms with Crippen molar-refractivity contribution in [1.82, 2.24) is 10.6 Å². The van der Waals surface area contributed by atoms with Crippen LogP contribution < -0.4 is 10.6 Å². The normalized spacial score (nSPS) is 27.3. The van der Waals surface area contributed by atoms with Gasteiger partial charge in [-0.05, 0) is 38.3 Å². The number of carbonyl (C=O) groups excluding carboxylic acids is 2. The van der Waals surface area contributed by atoms with Crippen molar-refractivity contribution < 1.29 is 14.3 Å². The molecule has 0 aromatic heterocycles. The Bertz CT molecular complexity index is 563. The Hall–Kier alpha value is -1.14. The minimum absolute atomic E-state index is 0.0905. The number of hydrogen-bond donors (Lipinski definition) is 2. The van der Waals surface area contributed by atoms with E-state index < -0.39 is 4.32 Å². The van der Waals surface area contributed by atoms with E-state index in [0.29, 0.717) is 24.8 Å². The van der Waals surface area contributed by atoms with E-state index in [1.807, 2.05) is 19.1 Å². The minimum atomic E-state index is -0.543. The van der Waals surface area contributed by atoms with Crippen molar-refractivity contribution in [3.63, 3.8) is 0 Å². The molecule has 25 heavy (non-hydrogen) atoms. The highest BCUT2D eigenvalue weighted by atomic mass is 79.9. The predicted molar refractivity (Wildman–Crippen MR) is 103 cm³/mol. The van der Waals surface area contributed by atoms with Gasteiger partial charge in [-0.1, -0.05) is 41.3 Å². The molecule has 0 aliphatic heterocycles. The smallest absolute Gasteiger partial charge is 0.337 e. The Morgan fingerprint density at radius 1 is 1.32 bits per heavy atom. The predicted octanol–water partition coefficient (Wildman–Crippen LogP) is 3.00. The highest BCUT2D eigenvalue weighted by molar-refractivity contribution is 9.10. The van der Waals surface area contributed by atoms with Crippen molar-refractivity contribution in [2.24, 2.45) is 0 Å². The molecule has 0 aromatic rings. The molecule has 140 valence electrons. The summed E-state index contributed by atoms with van der Waals surface area (Å²) in [5, 5.41) is 6.61. The number of hydrogen-bond acceptors (Lipinski definition) is 4. The second-order valence-electron chi connectivity index (χ2n) is 7.04. The van der Waals surface area contributed by atoms with E-state index in [9.17, 15) is 9.59 Å². The van der Waals surface area contributed by atoms with Crippen LogP contribution in [-0.2, 0) is 14.3 Å². The molecule has 0 heterocycles. The first-order valence-electron chi connectivity index (χ1n) is 9.13. The first-order valence-corrected chi connectivity index (χ1v) is 9.92. The largest absolute Gasteiger partial charge is 0.462 e. The van der Waals surface area contributed by atoms with Crippen molar-refractivity contribution >= 4 is 27.8 Å². The number of ether oxygens (including phenoxy) is 1. The van der Waals surface area contributed by atoms with Crippen LogP contribution in [-0.4, -0.2) is 41.4 Å². The average molecular weight is 413 g/mol. The Morgan fingerprint density at radius 3 is 2.60 bits per heavy atom. The zero-order valence-corrected chi connectivity index (χ0v) is 16.9. The fourth-order valence-corrected chi connectivity index (χ4v) is 4.22. The maximum atomic E-state index is 12.2. The Morgan fingerprint density at radius 2 is 2.00 bits per heavy atom. The Kier molecular flexibility index (Phi) is 7.25. The summed E-state index contributed by atoms with van der Waals surface area (Å²) in [6.07, 6.45) is 9.89. The van der Waals surface area contributed by atoms with E-state index in [2.05, 4.69) is 26.6 Å². The SMILES string of the molecule is CCOC(=O)C1=CC(C)(Br)C(NC(C)=O)C(CNC2CCCCC2)=C1. The molecule has 1 fully saturated rings. The third kappa shape index (κ3) is 5.68. The Labute approximate surface area is 158 Å². The molecule has 2 unspecified atom stereocenters. The summed E-state index contributed by atoms with van der Waals surface area (Å²) in [5.41, 5.74) is 1.52. The topological polar surface area (TPSA) is 67.4 Å². The lowest BCUT2D eigenvalue weighted by Crippen LogP contribution is -2.51. The second-order valence-corrected chi connectivity index (χ2v) is 8.75. The zero-order chi connectivity index (χ0) is 18.4. The molecular weight excluding hydrogens is 384 g/mol. The van der Waals surface area contributed by atoms with E-state index in [-0.39, 0.29) is 17.9 Å². The van der Waals surface area contributed by atoms with Gasteiger partial charge >= 0.3 is 5.97 Å². The van der Waals surface area contributed by atoms with Crippen LogP contribution in [0.1, 0.15) is 52.9 Å². The van der Waals surface area contributed by atoms with Crippen LogP contribution in [0.2, 0.25) is 0 Å². The summed E-state index contributed by atoms with van der Waals surface area (Å²) in [6.45, 7) is 6.26. The van der Waals surface area contributed by atoms with Crippen molar-refractivity contribution in [2.75, 3.05) is 13.2 Å². The second kappa shape index (κ2) is 8.99. The van der Waals surface area contributed by atoms with Crippen LogP contribution in [0.25, 0.3) is 0 Å². The molecule has 2 N–H and O–H groups in total. The number of amides is 1. The van der Waals surface area contributed by atoms with E-state index in [1.54, 1.807) is 6.92 Å². The first kappa shape index (κ1) is 20.2. The number of alkyl halides is 1. The summed E-state index contributed by atoms with van der Waals surface area (Å²) in [7, 11) is 0. The number of halogens is 1. The maximum Gasteiger partial charge on any atom is 0.337 e. The van der Waals surface area contributed by atoms with Gasteiger partial charge in [0.25, 0.3) is 0 Å². The number of carbonyl (C=O) groups is 2. The van der Waals surface area contributed by atoms with Gasteiger partial charge in [0.15, 0.2) is 0 Å². The molecule has 2 aliphatic carbocycles. The molecule has 5 nitrogen and oxygen atoms in total. The van der Waals surface area contributed by atoms with Crippen molar-refractivity contribution in [3.8, 4) is 0 Å². The van der Waals surface area contributed by atoms with Gasteiger partial charge in [0.1, 0.15) is 0 Å². The molecule has 2 atom stereocenters. The standard InChI is InChI=1S/C19H29BrN2O3/c1-4-25-18(24)14-10-15(12-21-16-8-6-5-7-9-16)17(22-13(2)23)19(3,20)11-14/h10-11,16-17,21H,4-9,12H2,1-3H3,(H,22,23). The van der Waals surface area contributed by atoms with E-state index in [1.165, 1.54) is 39.0 Å². The summed E-state index contributed by atoms with van der Waals surface area (Å²) in [6, 6.07) is 0.297. The fraction of sp³-hybridized carbons (Fsp3) is 0.684. The van der Waals surface area contributed by atoms with Gasteiger partial charge in [-0.2, -0.15) is 0 Å². The van der Waals surface area contributed by atoms with Crippen molar-refractivity contribution in [1.29, 1.82) is 0 Å². The van der Waals surface area contributed by atoms with Crippen LogP contribution in [0.15, 0.2) is 23.3 Å². The highest BCUT2D eigenvalue weighted by Gasteiger charge is 2.37. The van der Waals surface area contributed by atoms with E-state index >= 15 is 0 Å². The molecule has 2 rings (SSSR count). The van der Waals surface area contributed by atoms with Gasteiger partial charge in [-0.15, -0.1) is 0 Å². The molecule has 0 bridgehead atoms. The third-order valence-corrected chi connectivity index (χ3v) is 5.46. The molecule has 0 spiro atoms. The lowest BCUT2D eigenvalue weighted by Gasteiger charge is -2.37. The zero-order valence-electron chi connectivity index (χ0n) is 15.4. The van der Waals surface area contributed by atoms with Crippen molar-refractivity contribution in [3.05, 3.63) is 23.3 Å². The summed E-state index contributed by atoms with van der Waals surface area (Å²) >= 11 is 3.69. The summed E-state index contributed by atoms with van der Waals surface area (Å²) < 4.78 is 4.61. The molecule has 2 aliphatic rings. The average Bonchev–Trinajstić information content (AvgIpc) is 2.55. The molecule has 6 heteroatoms. The summed E-state index contributed by atoms with van der Waals surface area (Å²) in [5.74, 6) is -0.420. The van der Waals surface area contributed by atoms with Crippen LogP contribution in [0.3, 0.4) is 0 Å². The van der Waals surface area contributed by atoms with Gasteiger partial charge in [0, 0.05) is 19.5 Å². The molecular formula is C19H29BrN2O3.